The lowest BCUT2D eigenvalue weighted by atomic mass is 9.80. The van der Waals surface area contributed by atoms with Gasteiger partial charge in [0, 0.05) is 5.56 Å². The first-order valence-corrected chi connectivity index (χ1v) is 11.1. The summed E-state index contributed by atoms with van der Waals surface area (Å²) < 4.78 is 27.0. The predicted octanol–water partition coefficient (Wildman–Crippen LogP) is 4.55. The lowest BCUT2D eigenvalue weighted by Gasteiger charge is -1.99. The molecule has 2 N–H and O–H groups in total. The molecule has 0 aliphatic rings. The van der Waals surface area contributed by atoms with Gasteiger partial charge in [-0.2, -0.15) is 0 Å². The van der Waals surface area contributed by atoms with Crippen LogP contribution in [0, 0.1) is 11.6 Å². The summed E-state index contributed by atoms with van der Waals surface area (Å²) in [6.07, 6.45) is 6.50. The summed E-state index contributed by atoms with van der Waals surface area (Å²) in [5.74, 6) is -0.636. The number of aromatic nitrogens is 4. The van der Waals surface area contributed by atoms with E-state index in [1.807, 2.05) is 0 Å². The minimum absolute atomic E-state index is 0.251. The van der Waals surface area contributed by atoms with Crippen molar-refractivity contribution >= 4 is 60.4 Å². The van der Waals surface area contributed by atoms with Crippen molar-refractivity contribution in [3.05, 3.63) is 98.8 Å². The van der Waals surface area contributed by atoms with Crippen LogP contribution in [0.1, 0.15) is 0 Å². The first-order valence-electron chi connectivity index (χ1n) is 8.72. The Morgan fingerprint density at radius 1 is 0.594 bits per heavy atom. The van der Waals surface area contributed by atoms with Crippen molar-refractivity contribution in [1.29, 1.82) is 0 Å². The van der Waals surface area contributed by atoms with Gasteiger partial charge in [-0.05, 0) is 89.7 Å². The van der Waals surface area contributed by atoms with Crippen molar-refractivity contribution in [2.75, 3.05) is 0 Å². The molecule has 4 rings (SSSR count). The van der Waals surface area contributed by atoms with Crippen LogP contribution in [0.4, 0.5) is 8.78 Å². The van der Waals surface area contributed by atoms with E-state index < -0.39 is 7.12 Å². The molecule has 0 saturated carbocycles. The SMILES string of the molecule is Brc1cnc(Br)cn1.Fc1ccc(-c2cnc(Br)cn2)cc1.OB(O)c1ccc(F)cc1. The fraction of sp³-hybridized carbons (Fsp3) is 0. The predicted molar refractivity (Wildman–Crippen MR) is 129 cm³/mol. The average Bonchev–Trinajstić information content (AvgIpc) is 2.78. The third kappa shape index (κ3) is 9.57. The molecule has 0 spiro atoms. The van der Waals surface area contributed by atoms with Gasteiger partial charge in [-0.25, -0.2) is 23.7 Å². The Balaban J connectivity index is 0.000000178. The van der Waals surface area contributed by atoms with Crippen LogP contribution in [-0.2, 0) is 0 Å². The van der Waals surface area contributed by atoms with Gasteiger partial charge in [0.25, 0.3) is 0 Å². The fourth-order valence-electron chi connectivity index (χ4n) is 2.01. The largest absolute Gasteiger partial charge is 0.488 e. The molecule has 32 heavy (non-hydrogen) atoms. The quantitative estimate of drug-likeness (QED) is 0.316. The minimum Gasteiger partial charge on any atom is -0.423 e. The Bertz CT molecular complexity index is 1030. The highest BCUT2D eigenvalue weighted by molar-refractivity contribution is 9.11. The van der Waals surface area contributed by atoms with Gasteiger partial charge in [0.05, 0.1) is 30.5 Å². The zero-order valence-electron chi connectivity index (χ0n) is 16.1. The molecule has 6 nitrogen and oxygen atoms in total. The van der Waals surface area contributed by atoms with Crippen LogP contribution < -0.4 is 5.46 Å². The highest BCUT2D eigenvalue weighted by Gasteiger charge is 2.09. The van der Waals surface area contributed by atoms with Crippen molar-refractivity contribution in [3.8, 4) is 11.3 Å². The van der Waals surface area contributed by atoms with Gasteiger partial charge >= 0.3 is 7.12 Å². The molecule has 12 heteroatoms. The monoisotopic (exact) mass is 628 g/mol. The van der Waals surface area contributed by atoms with Crippen LogP contribution >= 0.6 is 47.8 Å². The Hall–Kier alpha value is -2.12. The lowest BCUT2D eigenvalue weighted by Crippen LogP contribution is -2.29. The van der Waals surface area contributed by atoms with Crippen molar-refractivity contribution in [2.24, 2.45) is 0 Å². The number of rotatable bonds is 2. The van der Waals surface area contributed by atoms with E-state index >= 15 is 0 Å². The standard InChI is InChI=1S/C10H6BrFN2.C6H6BFO2.C4H2Br2N2/c11-10-6-13-9(5-14-10)7-1-3-8(12)4-2-7;8-6-3-1-5(2-4-6)7(9)10;5-3-1-7-4(6)2-8-3/h1-6H;1-4,9-10H;1-2H. The highest BCUT2D eigenvalue weighted by Crippen LogP contribution is 2.17. The van der Waals surface area contributed by atoms with Crippen LogP contribution in [0.25, 0.3) is 11.3 Å². The van der Waals surface area contributed by atoms with Gasteiger partial charge in [-0.3, -0.25) is 4.98 Å². The van der Waals surface area contributed by atoms with Gasteiger partial charge < -0.3 is 10.0 Å². The van der Waals surface area contributed by atoms with Crippen molar-refractivity contribution in [1.82, 2.24) is 19.9 Å². The van der Waals surface area contributed by atoms with Crippen LogP contribution in [0.5, 0.6) is 0 Å². The summed E-state index contributed by atoms with van der Waals surface area (Å²) >= 11 is 9.50. The van der Waals surface area contributed by atoms with E-state index in [-0.39, 0.29) is 11.6 Å². The summed E-state index contributed by atoms with van der Waals surface area (Å²) in [6.45, 7) is 0. The Morgan fingerprint density at radius 2 is 1.00 bits per heavy atom. The topological polar surface area (TPSA) is 92.0 Å². The molecule has 2 heterocycles. The van der Waals surface area contributed by atoms with E-state index in [0.717, 1.165) is 20.5 Å². The van der Waals surface area contributed by atoms with E-state index in [0.29, 0.717) is 10.1 Å². The van der Waals surface area contributed by atoms with Crippen molar-refractivity contribution < 1.29 is 18.8 Å². The zero-order valence-corrected chi connectivity index (χ0v) is 20.8. The molecule has 0 bridgehead atoms. The molecule has 0 amide bonds. The average molecular weight is 631 g/mol. The van der Waals surface area contributed by atoms with Crippen LogP contribution in [-0.4, -0.2) is 37.1 Å². The third-order valence-corrected chi connectivity index (χ3v) is 4.75. The van der Waals surface area contributed by atoms with Crippen LogP contribution in [0.15, 0.2) is 87.1 Å². The van der Waals surface area contributed by atoms with Crippen molar-refractivity contribution in [2.45, 2.75) is 0 Å². The summed E-state index contributed by atoms with van der Waals surface area (Å²) in [5.41, 5.74) is 1.88. The maximum absolute atomic E-state index is 12.6. The number of benzene rings is 2. The molecule has 4 aromatic rings. The van der Waals surface area contributed by atoms with E-state index in [9.17, 15) is 8.78 Å². The van der Waals surface area contributed by atoms with Crippen LogP contribution in [0.2, 0.25) is 0 Å². The summed E-state index contributed by atoms with van der Waals surface area (Å²) in [7, 11) is -1.51. The van der Waals surface area contributed by atoms with E-state index in [4.69, 9.17) is 10.0 Å². The second kappa shape index (κ2) is 13.4. The molecule has 164 valence electrons. The van der Waals surface area contributed by atoms with Gasteiger partial charge in [0.1, 0.15) is 25.4 Å². The molecule has 2 aromatic carbocycles. The third-order valence-electron chi connectivity index (χ3n) is 3.52. The number of hydrogen-bond acceptors (Lipinski definition) is 6. The molecule has 2 aromatic heterocycles. The van der Waals surface area contributed by atoms with Gasteiger partial charge in [-0.1, -0.05) is 12.1 Å². The zero-order chi connectivity index (χ0) is 23.5. The first kappa shape index (κ1) is 26.1. The van der Waals surface area contributed by atoms with E-state index in [1.165, 1.54) is 36.4 Å². The van der Waals surface area contributed by atoms with Crippen LogP contribution in [0.3, 0.4) is 0 Å². The molecule has 0 radical (unpaired) electrons. The second-order valence-electron chi connectivity index (χ2n) is 5.82. The summed E-state index contributed by atoms with van der Waals surface area (Å²) in [6, 6.07) is 11.1. The molecular formula is C20H14BBr3F2N4O2. The van der Waals surface area contributed by atoms with Gasteiger partial charge in [-0.15, -0.1) is 0 Å². The van der Waals surface area contributed by atoms with Gasteiger partial charge in [0.15, 0.2) is 0 Å². The Kier molecular flexibility index (Phi) is 11.0. The minimum atomic E-state index is -1.51. The molecule has 0 saturated heterocycles. The maximum Gasteiger partial charge on any atom is 0.488 e. The molecule has 0 atom stereocenters. The fourth-order valence-corrected chi connectivity index (χ4v) is 2.63. The maximum atomic E-state index is 12.6. The molecule has 0 aliphatic heterocycles. The van der Waals surface area contributed by atoms with Crippen molar-refractivity contribution in [3.63, 3.8) is 0 Å². The number of halogens is 5. The molecule has 0 fully saturated rings. The normalized spacial score (nSPS) is 9.72. The van der Waals surface area contributed by atoms with E-state index in [1.54, 1.807) is 36.9 Å². The van der Waals surface area contributed by atoms with E-state index in [2.05, 4.69) is 67.7 Å². The Morgan fingerprint density at radius 3 is 1.38 bits per heavy atom. The number of hydrogen-bond donors (Lipinski definition) is 2. The Labute approximate surface area is 208 Å². The molecule has 0 unspecified atom stereocenters. The smallest absolute Gasteiger partial charge is 0.423 e. The lowest BCUT2D eigenvalue weighted by molar-refractivity contribution is 0.425. The van der Waals surface area contributed by atoms with Gasteiger partial charge in [0.2, 0.25) is 0 Å². The first-order chi connectivity index (χ1) is 15.2. The molecular weight excluding hydrogens is 617 g/mol. The number of nitrogens with zero attached hydrogens (tertiary/aromatic N) is 4. The summed E-state index contributed by atoms with van der Waals surface area (Å²) in [4.78, 5) is 16.0. The summed E-state index contributed by atoms with van der Waals surface area (Å²) in [5, 5.41) is 17.1. The second-order valence-corrected chi connectivity index (χ2v) is 8.26. The molecule has 0 aliphatic carbocycles. The highest BCUT2D eigenvalue weighted by atomic mass is 79.9.